The number of rotatable bonds is 2. The normalized spacial score (nSPS) is 10.3. The molecule has 2 aromatic rings. The van der Waals surface area contributed by atoms with Crippen molar-refractivity contribution in [3.8, 4) is 6.07 Å². The number of nitrogens with one attached hydrogen (secondary N) is 1. The van der Waals surface area contributed by atoms with Gasteiger partial charge >= 0.3 is 0 Å². The molecule has 0 amide bonds. The third kappa shape index (κ3) is 1.47. The van der Waals surface area contributed by atoms with Crippen LogP contribution in [-0.2, 0) is 6.42 Å². The molecule has 3 nitrogen and oxygen atoms in total. The zero-order chi connectivity index (χ0) is 9.97. The van der Waals surface area contributed by atoms with Crippen molar-refractivity contribution in [3.05, 3.63) is 29.6 Å². The van der Waals surface area contributed by atoms with Gasteiger partial charge in [-0.3, -0.25) is 0 Å². The first kappa shape index (κ1) is 8.76. The molecule has 0 fully saturated rings. The minimum atomic E-state index is 0.671. The van der Waals surface area contributed by atoms with Gasteiger partial charge in [-0.15, -0.1) is 0 Å². The Morgan fingerprint density at radius 3 is 3.07 bits per heavy atom. The van der Waals surface area contributed by atoms with Crippen molar-refractivity contribution in [2.45, 2.75) is 19.8 Å². The zero-order valence-corrected chi connectivity index (χ0v) is 8.04. The predicted octanol–water partition coefficient (Wildman–Crippen LogP) is 2.39. The van der Waals surface area contributed by atoms with Gasteiger partial charge in [-0.25, -0.2) is 4.98 Å². The molecule has 0 unspecified atom stereocenters. The molecule has 14 heavy (non-hydrogen) atoms. The molecule has 70 valence electrons. The number of aromatic nitrogens is 2. The highest BCUT2D eigenvalue weighted by atomic mass is 14.9. The molecule has 0 aliphatic carbocycles. The number of nitriles is 1. The van der Waals surface area contributed by atoms with Crippen LogP contribution in [0.15, 0.2) is 18.2 Å². The highest BCUT2D eigenvalue weighted by Crippen LogP contribution is 2.13. The van der Waals surface area contributed by atoms with E-state index in [0.717, 1.165) is 29.7 Å². The van der Waals surface area contributed by atoms with Crippen LogP contribution in [0.1, 0.15) is 24.7 Å². The molecule has 1 N–H and O–H groups in total. The summed E-state index contributed by atoms with van der Waals surface area (Å²) in [5, 5.41) is 8.72. The van der Waals surface area contributed by atoms with E-state index in [2.05, 4.69) is 23.0 Å². The van der Waals surface area contributed by atoms with E-state index in [4.69, 9.17) is 5.26 Å². The second-order valence-electron chi connectivity index (χ2n) is 3.28. The quantitative estimate of drug-likeness (QED) is 0.780. The van der Waals surface area contributed by atoms with E-state index < -0.39 is 0 Å². The van der Waals surface area contributed by atoms with Crippen molar-refractivity contribution in [2.75, 3.05) is 0 Å². The first-order chi connectivity index (χ1) is 6.83. The summed E-state index contributed by atoms with van der Waals surface area (Å²) in [6.45, 7) is 2.12. The van der Waals surface area contributed by atoms with E-state index >= 15 is 0 Å². The van der Waals surface area contributed by atoms with Crippen LogP contribution in [0.3, 0.4) is 0 Å². The predicted molar refractivity (Wildman–Crippen MR) is 54.8 cm³/mol. The molecule has 1 aromatic carbocycles. The zero-order valence-electron chi connectivity index (χ0n) is 8.04. The maximum atomic E-state index is 8.72. The maximum absolute atomic E-state index is 8.72. The van der Waals surface area contributed by atoms with Crippen LogP contribution >= 0.6 is 0 Å². The number of imidazole rings is 1. The van der Waals surface area contributed by atoms with Gasteiger partial charge in [-0.05, 0) is 24.6 Å². The summed E-state index contributed by atoms with van der Waals surface area (Å²) in [6.07, 6.45) is 2.03. The molecular weight excluding hydrogens is 174 g/mol. The number of fused-ring (bicyclic) bond motifs is 1. The van der Waals surface area contributed by atoms with Gasteiger partial charge in [0.25, 0.3) is 0 Å². The summed E-state index contributed by atoms with van der Waals surface area (Å²) in [4.78, 5) is 7.62. The van der Waals surface area contributed by atoms with Crippen molar-refractivity contribution in [1.29, 1.82) is 5.26 Å². The molecule has 0 aliphatic heterocycles. The van der Waals surface area contributed by atoms with E-state index in [1.54, 1.807) is 6.07 Å². The Bertz CT molecular complexity index is 491. The Morgan fingerprint density at radius 2 is 2.36 bits per heavy atom. The maximum Gasteiger partial charge on any atom is 0.107 e. The largest absolute Gasteiger partial charge is 0.342 e. The smallest absolute Gasteiger partial charge is 0.107 e. The fourth-order valence-electron chi connectivity index (χ4n) is 1.49. The molecule has 0 radical (unpaired) electrons. The summed E-state index contributed by atoms with van der Waals surface area (Å²) in [5.74, 6) is 0.998. The second kappa shape index (κ2) is 3.51. The monoisotopic (exact) mass is 185 g/mol. The second-order valence-corrected chi connectivity index (χ2v) is 3.28. The first-order valence-corrected chi connectivity index (χ1v) is 4.72. The standard InChI is InChI=1S/C11H11N3/c1-2-3-11-13-9-5-4-8(7-12)6-10(9)14-11/h4-6H,2-3H2,1H3,(H,13,14). The highest BCUT2D eigenvalue weighted by molar-refractivity contribution is 5.76. The van der Waals surface area contributed by atoms with Crippen LogP contribution in [0.5, 0.6) is 0 Å². The lowest BCUT2D eigenvalue weighted by atomic mass is 10.2. The number of nitrogens with zero attached hydrogens (tertiary/aromatic N) is 2. The highest BCUT2D eigenvalue weighted by Gasteiger charge is 2.02. The lowest BCUT2D eigenvalue weighted by molar-refractivity contribution is 0.861. The number of hydrogen-bond donors (Lipinski definition) is 1. The molecule has 3 heteroatoms. The van der Waals surface area contributed by atoms with Gasteiger partial charge in [0.15, 0.2) is 0 Å². The summed E-state index contributed by atoms with van der Waals surface area (Å²) < 4.78 is 0. The van der Waals surface area contributed by atoms with E-state index in [1.165, 1.54) is 0 Å². The summed E-state index contributed by atoms with van der Waals surface area (Å²) >= 11 is 0. The van der Waals surface area contributed by atoms with Gasteiger partial charge in [-0.2, -0.15) is 5.26 Å². The summed E-state index contributed by atoms with van der Waals surface area (Å²) in [7, 11) is 0. The molecule has 0 saturated heterocycles. The average Bonchev–Trinajstić information content (AvgIpc) is 2.59. The minimum Gasteiger partial charge on any atom is -0.342 e. The van der Waals surface area contributed by atoms with E-state index in [-0.39, 0.29) is 0 Å². The van der Waals surface area contributed by atoms with Gasteiger partial charge in [0.1, 0.15) is 5.82 Å². The van der Waals surface area contributed by atoms with Gasteiger partial charge in [0.2, 0.25) is 0 Å². The van der Waals surface area contributed by atoms with Crippen molar-refractivity contribution in [1.82, 2.24) is 9.97 Å². The first-order valence-electron chi connectivity index (χ1n) is 4.72. The minimum absolute atomic E-state index is 0.671. The van der Waals surface area contributed by atoms with Crippen LogP contribution < -0.4 is 0 Å². The molecule has 0 bridgehead atoms. The third-order valence-electron chi connectivity index (χ3n) is 2.15. The van der Waals surface area contributed by atoms with Crippen LogP contribution in [0, 0.1) is 11.3 Å². The molecule has 2 rings (SSSR count). The van der Waals surface area contributed by atoms with Crippen LogP contribution in [0.4, 0.5) is 0 Å². The molecular formula is C11H11N3. The average molecular weight is 185 g/mol. The van der Waals surface area contributed by atoms with Gasteiger partial charge in [0, 0.05) is 6.42 Å². The van der Waals surface area contributed by atoms with Gasteiger partial charge < -0.3 is 4.98 Å². The van der Waals surface area contributed by atoms with Crippen molar-refractivity contribution in [2.24, 2.45) is 0 Å². The van der Waals surface area contributed by atoms with E-state index in [1.807, 2.05) is 12.1 Å². The molecule has 0 spiro atoms. The number of aromatic amines is 1. The third-order valence-corrected chi connectivity index (χ3v) is 2.15. The van der Waals surface area contributed by atoms with Crippen LogP contribution in [0.2, 0.25) is 0 Å². The number of aryl methyl sites for hydroxylation is 1. The van der Waals surface area contributed by atoms with Gasteiger partial charge in [0.05, 0.1) is 22.7 Å². The van der Waals surface area contributed by atoms with Crippen molar-refractivity contribution < 1.29 is 0 Å². The molecule has 0 atom stereocenters. The fourth-order valence-corrected chi connectivity index (χ4v) is 1.49. The topological polar surface area (TPSA) is 52.5 Å². The van der Waals surface area contributed by atoms with Crippen molar-refractivity contribution >= 4 is 11.0 Å². The Morgan fingerprint density at radius 1 is 1.50 bits per heavy atom. The van der Waals surface area contributed by atoms with Crippen LogP contribution in [0.25, 0.3) is 11.0 Å². The van der Waals surface area contributed by atoms with E-state index in [9.17, 15) is 0 Å². The SMILES string of the molecule is CCCc1nc2ccc(C#N)cc2[nH]1. The number of benzene rings is 1. The molecule has 1 heterocycles. The number of H-pyrrole nitrogens is 1. The molecule has 1 aromatic heterocycles. The Kier molecular flexibility index (Phi) is 2.19. The molecule has 0 saturated carbocycles. The fraction of sp³-hybridized carbons (Fsp3) is 0.273. The van der Waals surface area contributed by atoms with Gasteiger partial charge in [-0.1, -0.05) is 6.92 Å². The molecule has 0 aliphatic rings. The van der Waals surface area contributed by atoms with Crippen molar-refractivity contribution in [3.63, 3.8) is 0 Å². The van der Waals surface area contributed by atoms with Crippen LogP contribution in [-0.4, -0.2) is 9.97 Å². The summed E-state index contributed by atoms with van der Waals surface area (Å²) in [5.41, 5.74) is 2.56. The lowest BCUT2D eigenvalue weighted by Gasteiger charge is -1.88. The van der Waals surface area contributed by atoms with E-state index in [0.29, 0.717) is 5.56 Å². The Hall–Kier alpha value is -1.82. The Balaban J connectivity index is 2.50. The lowest BCUT2D eigenvalue weighted by Crippen LogP contribution is -1.83. The Labute approximate surface area is 82.4 Å². The summed E-state index contributed by atoms with van der Waals surface area (Å²) in [6, 6.07) is 7.62. The number of hydrogen-bond acceptors (Lipinski definition) is 2.